The van der Waals surface area contributed by atoms with Crippen LogP contribution in [-0.4, -0.2) is 40.0 Å². The number of hydrogen-bond donors (Lipinski definition) is 1. The highest BCUT2D eigenvalue weighted by Gasteiger charge is 2.27. The number of rotatable bonds is 11. The molecule has 1 N–H and O–H groups in total. The molecule has 0 bridgehead atoms. The smallest absolute Gasteiger partial charge is 0.411 e. The van der Waals surface area contributed by atoms with Crippen molar-refractivity contribution in [3.8, 4) is 17.2 Å². The van der Waals surface area contributed by atoms with Crippen molar-refractivity contribution in [1.29, 1.82) is 0 Å². The van der Waals surface area contributed by atoms with Crippen LogP contribution in [-0.2, 0) is 29.1 Å². The molecular weight excluding hydrogens is 415 g/mol. The molecule has 0 aliphatic heterocycles. The van der Waals surface area contributed by atoms with Crippen LogP contribution in [0.25, 0.3) is 0 Å². The summed E-state index contributed by atoms with van der Waals surface area (Å²) in [5, 5.41) is 2.83. The van der Waals surface area contributed by atoms with Gasteiger partial charge >= 0.3 is 6.18 Å². The number of ether oxygens (including phenoxy) is 4. The van der Waals surface area contributed by atoms with Gasteiger partial charge in [-0.2, -0.15) is 13.2 Å². The topological polar surface area (TPSA) is 66.0 Å². The van der Waals surface area contributed by atoms with Crippen LogP contribution in [0.4, 0.5) is 13.2 Å². The molecule has 0 saturated carbocycles. The minimum absolute atomic E-state index is 0.124. The van der Waals surface area contributed by atoms with Gasteiger partial charge in [0.25, 0.3) is 0 Å². The van der Waals surface area contributed by atoms with Crippen molar-refractivity contribution in [2.45, 2.75) is 32.2 Å². The highest BCUT2D eigenvalue weighted by Crippen LogP contribution is 2.38. The van der Waals surface area contributed by atoms with Crippen LogP contribution in [0.5, 0.6) is 17.2 Å². The van der Waals surface area contributed by atoms with Gasteiger partial charge in [0.05, 0.1) is 27.9 Å². The molecule has 1 amide bonds. The van der Waals surface area contributed by atoms with Crippen molar-refractivity contribution in [3.05, 3.63) is 53.1 Å². The lowest BCUT2D eigenvalue weighted by Gasteiger charge is -2.14. The summed E-state index contributed by atoms with van der Waals surface area (Å²) in [6.07, 6.45) is -3.59. The van der Waals surface area contributed by atoms with E-state index in [4.69, 9.17) is 14.2 Å². The van der Waals surface area contributed by atoms with Gasteiger partial charge < -0.3 is 24.3 Å². The first-order valence-corrected chi connectivity index (χ1v) is 9.53. The normalized spacial score (nSPS) is 11.2. The summed E-state index contributed by atoms with van der Waals surface area (Å²) in [6, 6.07) is 10.4. The summed E-state index contributed by atoms with van der Waals surface area (Å²) in [6.45, 7) is -1.09. The van der Waals surface area contributed by atoms with Gasteiger partial charge in [0.15, 0.2) is 11.5 Å². The molecule has 31 heavy (non-hydrogen) atoms. The fourth-order valence-electron chi connectivity index (χ4n) is 2.86. The lowest BCUT2D eigenvalue weighted by atomic mass is 10.1. The second kappa shape index (κ2) is 11.5. The van der Waals surface area contributed by atoms with E-state index >= 15 is 0 Å². The van der Waals surface area contributed by atoms with Crippen LogP contribution in [0.1, 0.15) is 23.1 Å². The minimum atomic E-state index is -4.34. The van der Waals surface area contributed by atoms with Crippen molar-refractivity contribution in [2.24, 2.45) is 0 Å². The number of carbonyl (C=O) groups is 1. The van der Waals surface area contributed by atoms with Crippen molar-refractivity contribution >= 4 is 5.91 Å². The Labute approximate surface area is 179 Å². The summed E-state index contributed by atoms with van der Waals surface area (Å²) >= 11 is 0. The molecular formula is C22H26F3NO5. The first-order valence-electron chi connectivity index (χ1n) is 9.53. The predicted octanol–water partition coefficient (Wildman–Crippen LogP) is 4.04. The molecule has 0 aliphatic rings. The van der Waals surface area contributed by atoms with E-state index in [9.17, 15) is 18.0 Å². The Hall–Kier alpha value is -2.94. The van der Waals surface area contributed by atoms with Crippen molar-refractivity contribution in [1.82, 2.24) is 5.32 Å². The maximum Gasteiger partial charge on any atom is 0.411 e. The van der Waals surface area contributed by atoms with Crippen molar-refractivity contribution in [3.63, 3.8) is 0 Å². The maximum absolute atomic E-state index is 12.2. The number of benzene rings is 2. The summed E-state index contributed by atoms with van der Waals surface area (Å²) < 4.78 is 56.8. The SMILES string of the molecule is COc1cc(CCC(=O)NCc2ccc(COCC(F)(F)F)cc2)cc(OC)c1OC. The second-order valence-electron chi connectivity index (χ2n) is 6.73. The number of carbonyl (C=O) groups excluding carboxylic acids is 1. The van der Waals surface area contributed by atoms with Gasteiger partial charge in [-0.1, -0.05) is 24.3 Å². The second-order valence-corrected chi connectivity index (χ2v) is 6.73. The summed E-state index contributed by atoms with van der Waals surface area (Å²) in [5.41, 5.74) is 2.33. The molecule has 2 aromatic carbocycles. The van der Waals surface area contributed by atoms with E-state index in [1.807, 2.05) is 0 Å². The number of methoxy groups -OCH3 is 3. The first-order chi connectivity index (χ1) is 14.8. The molecule has 0 heterocycles. The number of alkyl halides is 3. The van der Waals surface area contributed by atoms with Crippen LogP contribution >= 0.6 is 0 Å². The van der Waals surface area contributed by atoms with Gasteiger partial charge in [0, 0.05) is 13.0 Å². The fourth-order valence-corrected chi connectivity index (χ4v) is 2.86. The summed E-state index contributed by atoms with van der Waals surface area (Å²) in [5.74, 6) is 1.41. The monoisotopic (exact) mass is 441 g/mol. The van der Waals surface area contributed by atoms with E-state index in [2.05, 4.69) is 10.1 Å². The quantitative estimate of drug-likeness (QED) is 0.570. The standard InChI is InChI=1S/C22H26F3NO5/c1-28-18-10-17(11-19(29-2)21(18)30-3)8-9-20(27)26-12-15-4-6-16(7-5-15)13-31-14-22(23,24)25/h4-7,10-11H,8-9,12-14H2,1-3H3,(H,26,27). The van der Waals surface area contributed by atoms with Crippen LogP contribution in [0.3, 0.4) is 0 Å². The molecule has 2 rings (SSSR count). The summed E-state index contributed by atoms with van der Waals surface area (Å²) in [7, 11) is 4.58. The van der Waals surface area contributed by atoms with Gasteiger partial charge in [0.2, 0.25) is 11.7 Å². The Balaban J connectivity index is 1.82. The molecule has 0 aliphatic carbocycles. The third-order valence-corrected chi connectivity index (χ3v) is 4.41. The number of nitrogens with one attached hydrogen (secondary N) is 1. The van der Waals surface area contributed by atoms with E-state index < -0.39 is 12.8 Å². The highest BCUT2D eigenvalue weighted by molar-refractivity contribution is 5.76. The van der Waals surface area contributed by atoms with Crippen LogP contribution in [0.2, 0.25) is 0 Å². The zero-order chi connectivity index (χ0) is 22.9. The van der Waals surface area contributed by atoms with Crippen molar-refractivity contribution in [2.75, 3.05) is 27.9 Å². The zero-order valence-electron chi connectivity index (χ0n) is 17.7. The highest BCUT2D eigenvalue weighted by atomic mass is 19.4. The molecule has 2 aromatic rings. The van der Waals surface area contributed by atoms with Crippen LogP contribution in [0, 0.1) is 0 Å². The van der Waals surface area contributed by atoms with Gasteiger partial charge in [-0.05, 0) is 35.2 Å². The molecule has 9 heteroatoms. The lowest BCUT2D eigenvalue weighted by molar-refractivity contribution is -0.176. The number of halogens is 3. The number of aryl methyl sites for hydroxylation is 1. The molecule has 6 nitrogen and oxygen atoms in total. The molecule has 170 valence electrons. The minimum Gasteiger partial charge on any atom is -0.493 e. The molecule has 0 unspecified atom stereocenters. The average Bonchev–Trinajstić information content (AvgIpc) is 2.75. The van der Waals surface area contributed by atoms with E-state index in [0.717, 1.165) is 11.1 Å². The third kappa shape index (κ3) is 8.01. The zero-order valence-corrected chi connectivity index (χ0v) is 17.7. The Kier molecular flexibility index (Phi) is 8.99. The van der Waals surface area contributed by atoms with Gasteiger partial charge in [-0.25, -0.2) is 0 Å². The Bertz CT molecular complexity index is 828. The Morgan fingerprint density at radius 2 is 1.48 bits per heavy atom. The lowest BCUT2D eigenvalue weighted by Crippen LogP contribution is -2.23. The predicted molar refractivity (Wildman–Crippen MR) is 108 cm³/mol. The van der Waals surface area contributed by atoms with Crippen molar-refractivity contribution < 1.29 is 36.9 Å². The third-order valence-electron chi connectivity index (χ3n) is 4.41. The molecule has 0 atom stereocenters. The first kappa shape index (κ1) is 24.3. The van der Waals surface area contributed by atoms with E-state index in [1.165, 1.54) is 21.3 Å². The molecule has 0 fully saturated rings. The maximum atomic E-state index is 12.2. The average molecular weight is 441 g/mol. The largest absolute Gasteiger partial charge is 0.493 e. The van der Waals surface area contributed by atoms with Gasteiger partial charge in [-0.3, -0.25) is 4.79 Å². The molecule has 0 radical (unpaired) electrons. The number of hydrogen-bond acceptors (Lipinski definition) is 5. The van der Waals surface area contributed by atoms with Crippen LogP contribution in [0.15, 0.2) is 36.4 Å². The molecule has 0 saturated heterocycles. The van der Waals surface area contributed by atoms with E-state index in [0.29, 0.717) is 35.8 Å². The van der Waals surface area contributed by atoms with E-state index in [-0.39, 0.29) is 18.9 Å². The van der Waals surface area contributed by atoms with E-state index in [1.54, 1.807) is 36.4 Å². The Morgan fingerprint density at radius 1 is 0.903 bits per heavy atom. The Morgan fingerprint density at radius 3 is 2.00 bits per heavy atom. The molecule has 0 spiro atoms. The fraction of sp³-hybridized carbons (Fsp3) is 0.409. The number of amides is 1. The van der Waals surface area contributed by atoms with Gasteiger partial charge in [-0.15, -0.1) is 0 Å². The van der Waals surface area contributed by atoms with Crippen LogP contribution < -0.4 is 19.5 Å². The molecule has 0 aromatic heterocycles. The van der Waals surface area contributed by atoms with Gasteiger partial charge in [0.1, 0.15) is 6.61 Å². The summed E-state index contributed by atoms with van der Waals surface area (Å²) in [4.78, 5) is 12.2.